The molecule has 186 valence electrons. The summed E-state index contributed by atoms with van der Waals surface area (Å²) in [5.41, 5.74) is 8.05. The lowest BCUT2D eigenvalue weighted by molar-refractivity contribution is -0.153. The van der Waals surface area contributed by atoms with Crippen LogP contribution in [-0.4, -0.2) is 67.5 Å². The highest BCUT2D eigenvalue weighted by molar-refractivity contribution is 5.85. The Kier molecular flexibility index (Phi) is 9.30. The van der Waals surface area contributed by atoms with Gasteiger partial charge < -0.3 is 25.4 Å². The number of nitrogens with zero attached hydrogens (tertiary/aromatic N) is 2. The average molecular weight is 467 g/mol. The van der Waals surface area contributed by atoms with E-state index in [1.165, 1.54) is 12.0 Å². The molecule has 5 unspecified atom stereocenters. The van der Waals surface area contributed by atoms with Crippen LogP contribution in [0.15, 0.2) is 5.10 Å². The smallest absolute Gasteiger partial charge is 0.328 e. The number of amides is 1. The van der Waals surface area contributed by atoms with E-state index in [1.807, 2.05) is 0 Å². The van der Waals surface area contributed by atoms with Gasteiger partial charge in [-0.15, -0.1) is 0 Å². The molecule has 1 aliphatic carbocycles. The molecule has 0 aromatic heterocycles. The molecule has 2 aliphatic heterocycles. The lowest BCUT2D eigenvalue weighted by Gasteiger charge is -2.42. The van der Waals surface area contributed by atoms with Gasteiger partial charge in [0.1, 0.15) is 24.5 Å². The predicted molar refractivity (Wildman–Crippen MR) is 121 cm³/mol. The van der Waals surface area contributed by atoms with Gasteiger partial charge in [-0.2, -0.15) is 5.10 Å². The van der Waals surface area contributed by atoms with E-state index in [-0.39, 0.29) is 30.9 Å². The zero-order valence-electron chi connectivity index (χ0n) is 19.5. The molecule has 2 saturated heterocycles. The van der Waals surface area contributed by atoms with Crippen LogP contribution in [0.25, 0.3) is 0 Å². The van der Waals surface area contributed by atoms with Crippen LogP contribution in [0, 0.1) is 17.8 Å². The first-order valence-electron chi connectivity index (χ1n) is 12.0. The molecule has 0 aromatic rings. The number of nitrogens with one attached hydrogen (secondary N) is 2. The first-order valence-corrected chi connectivity index (χ1v) is 12.0. The van der Waals surface area contributed by atoms with Crippen molar-refractivity contribution in [1.29, 1.82) is 0 Å². The van der Waals surface area contributed by atoms with Crippen molar-refractivity contribution >= 4 is 23.7 Å². The maximum absolute atomic E-state index is 12.6. The summed E-state index contributed by atoms with van der Waals surface area (Å²) >= 11 is 0. The normalized spacial score (nSPS) is 29.8. The van der Waals surface area contributed by atoms with Crippen molar-refractivity contribution in [3.05, 3.63) is 0 Å². The molecule has 11 nitrogen and oxygen atoms in total. The fourth-order valence-corrected chi connectivity index (χ4v) is 5.52. The number of hydrogen-bond donors (Lipinski definition) is 4. The lowest BCUT2D eigenvalue weighted by Crippen LogP contribution is -2.50. The predicted octanol–water partition coefficient (Wildman–Crippen LogP) is -0.00620. The minimum Gasteiger partial charge on any atom is -0.467 e. The molecule has 5 atom stereocenters. The SMILES string of the molecule is COC(=O)C1CCCN1C(=O)CCOC(=O)C1CC2CC(CC/C(N)=N/NN)CCC2CN1. The van der Waals surface area contributed by atoms with Crippen molar-refractivity contribution in [2.45, 2.75) is 69.9 Å². The van der Waals surface area contributed by atoms with E-state index >= 15 is 0 Å². The Morgan fingerprint density at radius 1 is 1.12 bits per heavy atom. The van der Waals surface area contributed by atoms with Crippen LogP contribution in [0.1, 0.15) is 57.8 Å². The Balaban J connectivity index is 1.40. The van der Waals surface area contributed by atoms with E-state index in [0.29, 0.717) is 43.0 Å². The van der Waals surface area contributed by atoms with Gasteiger partial charge in [-0.25, -0.2) is 16.2 Å². The summed E-state index contributed by atoms with van der Waals surface area (Å²) in [5, 5.41) is 7.14. The van der Waals surface area contributed by atoms with E-state index in [9.17, 15) is 14.4 Å². The van der Waals surface area contributed by atoms with Crippen molar-refractivity contribution < 1.29 is 23.9 Å². The van der Waals surface area contributed by atoms with E-state index in [4.69, 9.17) is 21.1 Å². The lowest BCUT2D eigenvalue weighted by atomic mass is 9.69. The molecule has 11 heteroatoms. The fourth-order valence-electron chi connectivity index (χ4n) is 5.52. The quantitative estimate of drug-likeness (QED) is 0.120. The molecule has 33 heavy (non-hydrogen) atoms. The van der Waals surface area contributed by atoms with Crippen LogP contribution in [-0.2, 0) is 23.9 Å². The summed E-state index contributed by atoms with van der Waals surface area (Å²) < 4.78 is 10.2. The Labute approximate surface area is 194 Å². The second kappa shape index (κ2) is 12.2. The third-order valence-electron chi connectivity index (χ3n) is 7.32. The number of hydrogen-bond acceptors (Lipinski definition) is 9. The van der Waals surface area contributed by atoms with Gasteiger partial charge in [0, 0.05) is 13.0 Å². The molecule has 6 N–H and O–H groups in total. The minimum absolute atomic E-state index is 0.0186. The van der Waals surface area contributed by atoms with Gasteiger partial charge in [0.05, 0.1) is 13.5 Å². The largest absolute Gasteiger partial charge is 0.467 e. The van der Waals surface area contributed by atoms with Crippen LogP contribution >= 0.6 is 0 Å². The molecular weight excluding hydrogens is 428 g/mol. The van der Waals surface area contributed by atoms with Crippen LogP contribution in [0.4, 0.5) is 0 Å². The second-order valence-corrected chi connectivity index (χ2v) is 9.35. The number of piperidine rings is 1. The van der Waals surface area contributed by atoms with E-state index < -0.39 is 12.0 Å². The Morgan fingerprint density at radius 3 is 2.70 bits per heavy atom. The average Bonchev–Trinajstić information content (AvgIpc) is 3.32. The van der Waals surface area contributed by atoms with E-state index in [1.54, 1.807) is 0 Å². The van der Waals surface area contributed by atoms with Crippen molar-refractivity contribution in [2.24, 2.45) is 34.4 Å². The van der Waals surface area contributed by atoms with Crippen molar-refractivity contribution in [3.8, 4) is 0 Å². The molecule has 3 aliphatic rings. The zero-order valence-corrected chi connectivity index (χ0v) is 19.5. The van der Waals surface area contributed by atoms with E-state index in [0.717, 1.165) is 45.1 Å². The number of carbonyl (C=O) groups excluding carboxylic acids is 3. The Hall–Kier alpha value is -2.40. The highest BCUT2D eigenvalue weighted by Gasteiger charge is 2.38. The maximum atomic E-state index is 12.6. The highest BCUT2D eigenvalue weighted by atomic mass is 16.5. The van der Waals surface area contributed by atoms with Crippen LogP contribution in [0.2, 0.25) is 0 Å². The van der Waals surface area contributed by atoms with Gasteiger partial charge >= 0.3 is 11.9 Å². The van der Waals surface area contributed by atoms with Crippen LogP contribution in [0.5, 0.6) is 0 Å². The molecule has 0 aromatic carbocycles. The maximum Gasteiger partial charge on any atom is 0.328 e. The van der Waals surface area contributed by atoms with Gasteiger partial charge in [-0.05, 0) is 62.8 Å². The van der Waals surface area contributed by atoms with Crippen LogP contribution < -0.4 is 22.4 Å². The summed E-state index contributed by atoms with van der Waals surface area (Å²) in [4.78, 5) is 38.5. The molecule has 1 saturated carbocycles. The number of rotatable bonds is 9. The van der Waals surface area contributed by atoms with Crippen molar-refractivity contribution in [2.75, 3.05) is 26.8 Å². The molecule has 2 heterocycles. The number of hydrazone groups is 1. The molecule has 0 bridgehead atoms. The Bertz CT molecular complexity index is 732. The van der Waals surface area contributed by atoms with Gasteiger partial charge in [0.25, 0.3) is 0 Å². The van der Waals surface area contributed by atoms with Gasteiger partial charge in [0.2, 0.25) is 5.91 Å². The zero-order chi connectivity index (χ0) is 23.8. The highest BCUT2D eigenvalue weighted by Crippen LogP contribution is 2.40. The van der Waals surface area contributed by atoms with Crippen molar-refractivity contribution in [3.63, 3.8) is 0 Å². The first-order chi connectivity index (χ1) is 15.9. The number of carbonyl (C=O) groups is 3. The summed E-state index contributed by atoms with van der Waals surface area (Å²) in [6.45, 7) is 1.36. The van der Waals surface area contributed by atoms with Gasteiger partial charge in [-0.3, -0.25) is 9.59 Å². The minimum atomic E-state index is -0.525. The number of nitrogens with two attached hydrogens (primary N) is 2. The van der Waals surface area contributed by atoms with Gasteiger partial charge in [0.15, 0.2) is 0 Å². The van der Waals surface area contributed by atoms with Crippen molar-refractivity contribution in [1.82, 2.24) is 15.8 Å². The second-order valence-electron chi connectivity index (χ2n) is 9.35. The summed E-state index contributed by atoms with van der Waals surface area (Å²) in [6, 6.07) is -0.870. The number of methoxy groups -OCH3 is 1. The monoisotopic (exact) mass is 466 g/mol. The van der Waals surface area contributed by atoms with Gasteiger partial charge in [-0.1, -0.05) is 6.42 Å². The summed E-state index contributed by atoms with van der Waals surface area (Å²) in [7, 11) is 1.32. The molecule has 1 amide bonds. The Morgan fingerprint density at radius 2 is 1.94 bits per heavy atom. The first kappa shape index (κ1) is 25.2. The van der Waals surface area contributed by atoms with Crippen LogP contribution in [0.3, 0.4) is 0 Å². The number of esters is 2. The molecule has 0 radical (unpaired) electrons. The third kappa shape index (κ3) is 6.80. The fraction of sp³-hybridized carbons (Fsp3) is 0.818. The number of ether oxygens (including phenoxy) is 2. The molecule has 3 fully saturated rings. The molecular formula is C22H38N6O5. The molecule has 3 rings (SSSR count). The number of amidine groups is 1. The number of hydrazine groups is 1. The summed E-state index contributed by atoms with van der Waals surface area (Å²) in [5.74, 6) is 6.41. The number of fused-ring (bicyclic) bond motifs is 1. The summed E-state index contributed by atoms with van der Waals surface area (Å²) in [6.07, 6.45) is 7.24. The third-order valence-corrected chi connectivity index (χ3v) is 7.32. The van der Waals surface area contributed by atoms with E-state index in [2.05, 4.69) is 16.0 Å². The standard InChI is InChI=1S/C22H38N6O5/c1-32-22(31)18-3-2-9-28(18)20(29)8-10-33-21(30)17-12-16-11-14(4-6-15(16)13-25-17)5-7-19(23)26-27-24/h14-18,25,27H,2-13,24H2,1H3,(H2,23,26). The molecule has 0 spiro atoms. The topological polar surface area (TPSA) is 161 Å². The number of likely N-dealkylation sites (tertiary alicyclic amines) is 1.